The number of ether oxygens (including phenoxy) is 1. The highest BCUT2D eigenvalue weighted by atomic mass is 16.5. The molecule has 1 aliphatic carbocycles. The highest BCUT2D eigenvalue weighted by Crippen LogP contribution is 2.33. The van der Waals surface area contributed by atoms with Gasteiger partial charge in [-0.15, -0.1) is 10.2 Å². The Hall–Kier alpha value is -2.95. The maximum atomic E-state index is 6.46. The molecule has 0 radical (unpaired) electrons. The van der Waals surface area contributed by atoms with E-state index >= 15 is 0 Å². The summed E-state index contributed by atoms with van der Waals surface area (Å²) in [5, 5.41) is 9.68. The molecular formula is C23H24N4O. The number of benzene rings is 1. The molecule has 0 bridgehead atoms. The van der Waals surface area contributed by atoms with Gasteiger partial charge in [-0.25, -0.2) is 4.98 Å². The van der Waals surface area contributed by atoms with Gasteiger partial charge >= 0.3 is 0 Å². The minimum Gasteiger partial charge on any atom is -0.488 e. The van der Waals surface area contributed by atoms with Crippen LogP contribution >= 0.6 is 0 Å². The fourth-order valence-electron chi connectivity index (χ4n) is 4.25. The van der Waals surface area contributed by atoms with Crippen molar-refractivity contribution in [3.8, 4) is 17.3 Å². The number of fused-ring (bicyclic) bond motifs is 2. The van der Waals surface area contributed by atoms with E-state index in [0.717, 1.165) is 52.6 Å². The number of aromatic nitrogens is 4. The molecular weight excluding hydrogens is 348 g/mol. The van der Waals surface area contributed by atoms with E-state index in [-0.39, 0.29) is 6.10 Å². The van der Waals surface area contributed by atoms with E-state index < -0.39 is 0 Å². The molecule has 1 saturated carbocycles. The average Bonchev–Trinajstić information content (AvgIpc) is 3.18. The molecule has 0 aliphatic heterocycles. The lowest BCUT2D eigenvalue weighted by Gasteiger charge is -2.29. The summed E-state index contributed by atoms with van der Waals surface area (Å²) in [6.45, 7) is 2.28. The second kappa shape index (κ2) is 7.23. The normalized spacial score (nSPS) is 19.9. The van der Waals surface area contributed by atoms with Crippen LogP contribution in [0.1, 0.15) is 39.0 Å². The molecule has 4 aromatic rings. The molecule has 1 aliphatic rings. The Morgan fingerprint density at radius 1 is 1.04 bits per heavy atom. The van der Waals surface area contributed by atoms with Crippen molar-refractivity contribution in [1.29, 1.82) is 0 Å². The Bertz CT molecular complexity index is 1120. The van der Waals surface area contributed by atoms with Gasteiger partial charge in [-0.1, -0.05) is 44.0 Å². The summed E-state index contributed by atoms with van der Waals surface area (Å²) in [6, 6.07) is 16.1. The Kier molecular flexibility index (Phi) is 4.43. The Morgan fingerprint density at radius 3 is 2.93 bits per heavy atom. The van der Waals surface area contributed by atoms with Crippen molar-refractivity contribution in [1.82, 2.24) is 19.6 Å². The van der Waals surface area contributed by atoms with Crippen molar-refractivity contribution in [2.75, 3.05) is 0 Å². The summed E-state index contributed by atoms with van der Waals surface area (Å²) in [7, 11) is 0. The molecule has 5 heteroatoms. The first kappa shape index (κ1) is 17.2. The Balaban J connectivity index is 1.53. The van der Waals surface area contributed by atoms with E-state index in [1.54, 1.807) is 0 Å². The van der Waals surface area contributed by atoms with Crippen molar-refractivity contribution in [2.24, 2.45) is 5.92 Å². The first-order valence-corrected chi connectivity index (χ1v) is 10.2. The van der Waals surface area contributed by atoms with Crippen LogP contribution in [0.2, 0.25) is 0 Å². The van der Waals surface area contributed by atoms with Gasteiger partial charge in [0, 0.05) is 11.6 Å². The number of rotatable bonds is 4. The molecule has 142 valence electrons. The van der Waals surface area contributed by atoms with Gasteiger partial charge in [-0.3, -0.25) is 4.40 Å². The molecule has 1 unspecified atom stereocenters. The highest BCUT2D eigenvalue weighted by molar-refractivity contribution is 5.86. The van der Waals surface area contributed by atoms with Gasteiger partial charge in [0.15, 0.2) is 11.5 Å². The summed E-state index contributed by atoms with van der Waals surface area (Å²) >= 11 is 0. The third kappa shape index (κ3) is 3.11. The zero-order valence-electron chi connectivity index (χ0n) is 16.1. The van der Waals surface area contributed by atoms with E-state index in [4.69, 9.17) is 9.72 Å². The lowest BCUT2D eigenvalue weighted by atomic mass is 9.85. The molecule has 5 rings (SSSR count). The van der Waals surface area contributed by atoms with E-state index in [9.17, 15) is 0 Å². The zero-order valence-corrected chi connectivity index (χ0v) is 16.1. The first-order valence-electron chi connectivity index (χ1n) is 10.2. The molecule has 1 fully saturated rings. The van der Waals surface area contributed by atoms with E-state index in [2.05, 4.69) is 29.3 Å². The predicted octanol–water partition coefficient (Wildman–Crippen LogP) is 5.29. The van der Waals surface area contributed by atoms with Gasteiger partial charge in [0.25, 0.3) is 0 Å². The Labute approximate surface area is 164 Å². The maximum Gasteiger partial charge on any atom is 0.187 e. The summed E-state index contributed by atoms with van der Waals surface area (Å²) < 4.78 is 8.42. The molecule has 0 N–H and O–H groups in total. The monoisotopic (exact) mass is 372 g/mol. The summed E-state index contributed by atoms with van der Waals surface area (Å²) in [5.74, 6) is 2.39. The summed E-state index contributed by atoms with van der Waals surface area (Å²) in [5.41, 5.74) is 2.51. The molecule has 1 aromatic carbocycles. The predicted molar refractivity (Wildman–Crippen MR) is 110 cm³/mol. The van der Waals surface area contributed by atoms with E-state index in [0.29, 0.717) is 0 Å². The van der Waals surface area contributed by atoms with E-state index in [1.165, 1.54) is 19.3 Å². The molecule has 0 spiro atoms. The van der Waals surface area contributed by atoms with Crippen LogP contribution in [0.5, 0.6) is 5.75 Å². The van der Waals surface area contributed by atoms with E-state index in [1.807, 2.05) is 47.0 Å². The molecule has 3 heterocycles. The number of pyridine rings is 2. The van der Waals surface area contributed by atoms with Crippen molar-refractivity contribution in [2.45, 2.75) is 45.1 Å². The fourth-order valence-corrected chi connectivity index (χ4v) is 4.25. The van der Waals surface area contributed by atoms with Crippen LogP contribution in [0.3, 0.4) is 0 Å². The maximum absolute atomic E-state index is 6.46. The molecule has 2 atom stereocenters. The molecule has 3 aromatic heterocycles. The van der Waals surface area contributed by atoms with Crippen molar-refractivity contribution >= 4 is 16.6 Å². The second-order valence-corrected chi connectivity index (χ2v) is 7.66. The second-order valence-electron chi connectivity index (χ2n) is 7.66. The van der Waals surface area contributed by atoms with Gasteiger partial charge in [-0.05, 0) is 49.4 Å². The number of nitrogens with zero attached hydrogens (tertiary/aromatic N) is 4. The summed E-state index contributed by atoms with van der Waals surface area (Å²) in [6.07, 6.45) is 8.32. The van der Waals surface area contributed by atoms with Crippen LogP contribution in [-0.2, 0) is 0 Å². The highest BCUT2D eigenvalue weighted by Gasteiger charge is 2.23. The molecule has 28 heavy (non-hydrogen) atoms. The van der Waals surface area contributed by atoms with Crippen LogP contribution in [0.25, 0.3) is 28.1 Å². The standard InChI is InChI=1S/C23H24N4O/c1-2-16-7-5-9-18(15-16)28-20-10-6-8-17-12-13-19(24-22(17)20)23-26-25-21-11-3-4-14-27(21)23/h3-4,6,8,10-14,16,18H,2,5,7,9,15H2,1H3/t16-,18?/m0/s1. The van der Waals surface area contributed by atoms with Crippen LogP contribution in [0.4, 0.5) is 0 Å². The van der Waals surface area contributed by atoms with Gasteiger partial charge in [0.1, 0.15) is 17.0 Å². The van der Waals surface area contributed by atoms with Crippen molar-refractivity contribution in [3.05, 3.63) is 54.7 Å². The minimum atomic E-state index is 0.281. The third-order valence-corrected chi connectivity index (χ3v) is 5.83. The molecule has 0 saturated heterocycles. The lowest BCUT2D eigenvalue weighted by Crippen LogP contribution is -2.25. The minimum absolute atomic E-state index is 0.281. The smallest absolute Gasteiger partial charge is 0.187 e. The zero-order chi connectivity index (χ0) is 18.9. The number of para-hydroxylation sites is 1. The number of hydrogen-bond acceptors (Lipinski definition) is 4. The molecule has 0 amide bonds. The molecule has 5 nitrogen and oxygen atoms in total. The van der Waals surface area contributed by atoms with Crippen molar-refractivity contribution < 1.29 is 4.74 Å². The Morgan fingerprint density at radius 2 is 2.00 bits per heavy atom. The van der Waals surface area contributed by atoms with Gasteiger partial charge in [0.05, 0.1) is 6.10 Å². The first-order chi connectivity index (χ1) is 13.8. The van der Waals surface area contributed by atoms with Crippen LogP contribution in [-0.4, -0.2) is 25.7 Å². The quantitative estimate of drug-likeness (QED) is 0.488. The van der Waals surface area contributed by atoms with Crippen LogP contribution < -0.4 is 4.74 Å². The average molecular weight is 372 g/mol. The van der Waals surface area contributed by atoms with Crippen LogP contribution in [0, 0.1) is 5.92 Å². The summed E-state index contributed by atoms with van der Waals surface area (Å²) in [4.78, 5) is 4.92. The largest absolute Gasteiger partial charge is 0.488 e. The SMILES string of the molecule is CC[C@H]1CCCC(Oc2cccc3ccc(-c4nnc5ccccn45)nc23)C1. The van der Waals surface area contributed by atoms with Gasteiger partial charge < -0.3 is 4.74 Å². The van der Waals surface area contributed by atoms with Crippen molar-refractivity contribution in [3.63, 3.8) is 0 Å². The third-order valence-electron chi connectivity index (χ3n) is 5.83. The van der Waals surface area contributed by atoms with Crippen LogP contribution in [0.15, 0.2) is 54.7 Å². The van der Waals surface area contributed by atoms with Gasteiger partial charge in [-0.2, -0.15) is 0 Å². The topological polar surface area (TPSA) is 52.3 Å². The van der Waals surface area contributed by atoms with Gasteiger partial charge in [0.2, 0.25) is 0 Å². The number of hydrogen-bond donors (Lipinski definition) is 0. The fraction of sp³-hybridized carbons (Fsp3) is 0.348. The lowest BCUT2D eigenvalue weighted by molar-refractivity contribution is 0.123.